The summed E-state index contributed by atoms with van der Waals surface area (Å²) in [6.07, 6.45) is 0.556. The third-order valence-corrected chi connectivity index (χ3v) is 4.46. The minimum atomic E-state index is -4.43. The van der Waals surface area contributed by atoms with Crippen molar-refractivity contribution in [3.05, 3.63) is 0 Å². The number of nitrogens with two attached hydrogens (primary N) is 2. The van der Waals surface area contributed by atoms with Crippen molar-refractivity contribution >= 4 is 15.2 Å². The minimum Gasteiger partial charge on any atom is -0.811 e. The number of hydrogen-bond donors (Lipinski definition) is 4. The second-order valence-electron chi connectivity index (χ2n) is 5.16. The number of nitrogens with one attached hydrogen (secondary N) is 2. The van der Waals surface area contributed by atoms with Crippen LogP contribution in [0.25, 0.3) is 0 Å². The summed E-state index contributed by atoms with van der Waals surface area (Å²) in [6, 6.07) is 0. The molecule has 0 saturated heterocycles. The van der Waals surface area contributed by atoms with Crippen LogP contribution >= 0.6 is 15.2 Å². The van der Waals surface area contributed by atoms with E-state index in [1.807, 2.05) is 0 Å². The molecule has 28 heavy (non-hydrogen) atoms. The Morgan fingerprint density at radius 3 is 1.07 bits per heavy atom. The molecule has 16 heteroatoms. The Labute approximate surface area is 217 Å². The van der Waals surface area contributed by atoms with Crippen molar-refractivity contribution in [1.29, 1.82) is 0 Å². The summed E-state index contributed by atoms with van der Waals surface area (Å²) in [5.41, 5.74) is 10.5. The molecule has 0 heterocycles. The van der Waals surface area contributed by atoms with E-state index in [1.54, 1.807) is 0 Å². The molecular weight excluding hydrogens is 386 g/mol. The molecule has 0 radical (unpaired) electrons. The fourth-order valence-electron chi connectivity index (χ4n) is 1.60. The van der Waals surface area contributed by atoms with E-state index < -0.39 is 27.5 Å². The molecule has 0 saturated carbocycles. The van der Waals surface area contributed by atoms with Gasteiger partial charge in [-0.1, -0.05) is 28.0 Å². The second-order valence-corrected chi connectivity index (χ2v) is 8.50. The molecule has 148 valence electrons. The molecule has 0 aromatic rings. The predicted octanol–water partition coefficient (Wildman–Crippen LogP) is -15.5. The van der Waals surface area contributed by atoms with Gasteiger partial charge in [-0.2, -0.15) is 0 Å². The minimum absolute atomic E-state index is 0. The maximum atomic E-state index is 10.2. The Morgan fingerprint density at radius 2 is 0.857 bits per heavy atom. The van der Waals surface area contributed by atoms with Crippen molar-refractivity contribution in [3.63, 3.8) is 0 Å². The largest absolute Gasteiger partial charge is 1.00 e. The van der Waals surface area contributed by atoms with Gasteiger partial charge < -0.3 is 50.8 Å². The molecule has 6 N–H and O–H groups in total. The summed E-state index contributed by atoms with van der Waals surface area (Å²) < 4.78 is 20.3. The number of rotatable bonds is 14. The Hall–Kier alpha value is 2.53. The molecule has 0 aromatic heterocycles. The van der Waals surface area contributed by atoms with Crippen LogP contribution in [0.2, 0.25) is 0 Å². The maximum absolute atomic E-state index is 10.2. The third-order valence-electron chi connectivity index (χ3n) is 2.73. The van der Waals surface area contributed by atoms with Crippen LogP contribution < -0.4 is 117 Å². The van der Waals surface area contributed by atoms with Crippen molar-refractivity contribution in [1.82, 2.24) is 10.6 Å². The summed E-state index contributed by atoms with van der Waals surface area (Å²) in [7, 11) is -8.85. The fourth-order valence-corrected chi connectivity index (χ4v) is 2.82. The molecule has 0 aliphatic rings. The smallest absolute Gasteiger partial charge is 0.811 e. The summed E-state index contributed by atoms with van der Waals surface area (Å²) in [6.45, 7) is 5.14. The van der Waals surface area contributed by atoms with Crippen molar-refractivity contribution in [3.8, 4) is 0 Å². The molecule has 10 nitrogen and oxygen atoms in total. The van der Waals surface area contributed by atoms with E-state index in [9.17, 15) is 28.7 Å². The van der Waals surface area contributed by atoms with Gasteiger partial charge in [-0.15, -0.1) is 0 Å². The van der Waals surface area contributed by atoms with Gasteiger partial charge in [0.05, 0.1) is 0 Å². The zero-order chi connectivity index (χ0) is 18.9. The normalized spacial score (nSPS) is 10.2. The zero-order valence-corrected chi connectivity index (χ0v) is 19.8. The second kappa shape index (κ2) is 29.5. The van der Waals surface area contributed by atoms with Gasteiger partial charge in [-0.25, -0.2) is 0 Å². The van der Waals surface area contributed by atoms with Gasteiger partial charge in [0, 0.05) is 39.3 Å². The van der Waals surface area contributed by atoms with Crippen molar-refractivity contribution in [2.75, 3.05) is 51.6 Å². The summed E-state index contributed by atoms with van der Waals surface area (Å²) in [4.78, 5) is 40.6. The molecule has 0 atom stereocenters. The molecule has 0 aliphatic carbocycles. The van der Waals surface area contributed by atoms with Gasteiger partial charge in [0.2, 0.25) is 0 Å². The Morgan fingerprint density at radius 1 is 0.571 bits per heavy atom. The van der Waals surface area contributed by atoms with Crippen LogP contribution in [0.3, 0.4) is 0 Å². The standard InChI is InChI=1S/C6H18N4.C6H16O6P2.4Li/c7-1-3-9-5-6-10-4-2-8;7-13(8,9)5-3-1-2-4-6-14(10,11)12;;;;/h9-10H,1-8H2;1-6H2,(H2,7,8,9)(H2,10,11,12);;;;/q;;4*+1/p-4. The van der Waals surface area contributed by atoms with E-state index in [0.29, 0.717) is 25.9 Å². The van der Waals surface area contributed by atoms with E-state index in [-0.39, 0.29) is 88.3 Å². The first-order valence-corrected chi connectivity index (χ1v) is 11.4. The molecular formula is C12H30Li4N4O6P2. The van der Waals surface area contributed by atoms with E-state index >= 15 is 0 Å². The van der Waals surface area contributed by atoms with Crippen LogP contribution in [-0.4, -0.2) is 51.6 Å². The van der Waals surface area contributed by atoms with Crippen molar-refractivity contribution in [2.45, 2.75) is 25.7 Å². The van der Waals surface area contributed by atoms with Crippen molar-refractivity contribution in [2.24, 2.45) is 11.5 Å². The number of hydrogen-bond acceptors (Lipinski definition) is 10. The Kier molecular flexibility index (Phi) is 46.7. The van der Waals surface area contributed by atoms with E-state index in [4.69, 9.17) is 11.5 Å². The molecule has 0 aliphatic heterocycles. The molecule has 0 rings (SSSR count). The average molecular weight is 416 g/mol. The van der Waals surface area contributed by atoms with Gasteiger partial charge in [-0.3, -0.25) is 0 Å². The first-order valence-electron chi connectivity index (χ1n) is 7.96. The summed E-state index contributed by atoms with van der Waals surface area (Å²) in [5.74, 6) is 0. The summed E-state index contributed by atoms with van der Waals surface area (Å²) >= 11 is 0. The maximum Gasteiger partial charge on any atom is 1.00 e. The van der Waals surface area contributed by atoms with Gasteiger partial charge >= 0.3 is 75.4 Å². The van der Waals surface area contributed by atoms with Gasteiger partial charge in [0.15, 0.2) is 0 Å². The quantitative estimate of drug-likeness (QED) is 0.120. The molecule has 0 amide bonds. The van der Waals surface area contributed by atoms with Gasteiger partial charge in [0.25, 0.3) is 0 Å². The molecule has 0 spiro atoms. The van der Waals surface area contributed by atoms with Crippen LogP contribution in [0.5, 0.6) is 0 Å². The molecule has 0 fully saturated rings. The molecule has 0 bridgehead atoms. The Balaban J connectivity index is -0.0000000786. The first kappa shape index (κ1) is 44.2. The van der Waals surface area contributed by atoms with Crippen LogP contribution in [-0.2, 0) is 9.13 Å². The Bertz CT molecular complexity index is 346. The van der Waals surface area contributed by atoms with E-state index in [1.165, 1.54) is 0 Å². The summed E-state index contributed by atoms with van der Waals surface area (Å²) in [5, 5.41) is 6.33. The van der Waals surface area contributed by atoms with Crippen LogP contribution in [0.15, 0.2) is 0 Å². The molecule has 0 aromatic carbocycles. The predicted molar refractivity (Wildman–Crippen MR) is 87.3 cm³/mol. The first-order chi connectivity index (χ1) is 11.1. The fraction of sp³-hybridized carbons (Fsp3) is 1.00. The van der Waals surface area contributed by atoms with Crippen LogP contribution in [0.1, 0.15) is 25.7 Å². The van der Waals surface area contributed by atoms with Crippen LogP contribution in [0, 0.1) is 0 Å². The van der Waals surface area contributed by atoms with Gasteiger partial charge in [0.1, 0.15) is 0 Å². The van der Waals surface area contributed by atoms with Crippen molar-refractivity contribution < 1.29 is 104 Å². The van der Waals surface area contributed by atoms with Gasteiger partial charge in [-0.05, 0) is 25.2 Å². The average Bonchev–Trinajstić information content (AvgIpc) is 2.45. The SMILES string of the molecule is NCCNCCNCCN.O=P([O-])([O-])CCCCCCP(=O)([O-])[O-].[Li+].[Li+].[Li+].[Li+]. The monoisotopic (exact) mass is 416 g/mol. The topological polar surface area (TPSA) is 202 Å². The van der Waals surface area contributed by atoms with E-state index in [2.05, 4.69) is 10.6 Å². The van der Waals surface area contributed by atoms with E-state index in [0.717, 1.165) is 26.2 Å². The third kappa shape index (κ3) is 51.3. The molecule has 0 unspecified atom stereocenters. The number of unbranched alkanes of at least 4 members (excludes halogenated alkanes) is 3. The van der Waals surface area contributed by atoms with Crippen LogP contribution in [0.4, 0.5) is 0 Å². The zero-order valence-electron chi connectivity index (χ0n) is 18.0.